The maximum Gasteiger partial charge on any atom is 0.408 e. The number of aromatic nitrogens is 3. The summed E-state index contributed by atoms with van der Waals surface area (Å²) >= 11 is 9.53. The average Bonchev–Trinajstić information content (AvgIpc) is 3.31. The van der Waals surface area contributed by atoms with Gasteiger partial charge < -0.3 is 26.3 Å². The summed E-state index contributed by atoms with van der Waals surface area (Å²) in [6.07, 6.45) is 10.1. The first-order chi connectivity index (χ1) is 30.6. The average molecular weight is 920 g/mol. The molecule has 334 valence electrons. The van der Waals surface area contributed by atoms with Crippen molar-refractivity contribution in [3.8, 4) is 68.9 Å². The summed E-state index contributed by atoms with van der Waals surface area (Å²) in [6, 6.07) is 36.1. The summed E-state index contributed by atoms with van der Waals surface area (Å²) < 4.78 is 9.99. The zero-order valence-corrected chi connectivity index (χ0v) is 39.3. The predicted octanol–water partition coefficient (Wildman–Crippen LogP) is 10.6. The van der Waals surface area contributed by atoms with Crippen molar-refractivity contribution in [2.45, 2.75) is 40.2 Å². The molecule has 0 aliphatic carbocycles. The maximum atomic E-state index is 11.5. The number of amides is 1. The molecule has 0 saturated carbocycles. The zero-order chi connectivity index (χ0) is 46.0. The number of alkyl carbamates (subject to hydrolysis) is 1. The lowest BCUT2D eigenvalue weighted by molar-refractivity contribution is 0.0535. The predicted molar refractivity (Wildman–Crippen MR) is 268 cm³/mol. The van der Waals surface area contributed by atoms with E-state index in [1.807, 2.05) is 120 Å². The van der Waals surface area contributed by atoms with E-state index in [0.29, 0.717) is 13.1 Å². The van der Waals surface area contributed by atoms with Crippen LogP contribution in [0.1, 0.15) is 51.3 Å². The Bertz CT molecular complexity index is 2280. The van der Waals surface area contributed by atoms with E-state index in [1.165, 1.54) is 0 Å². The van der Waals surface area contributed by atoms with Gasteiger partial charge in [0, 0.05) is 67.1 Å². The second-order valence-corrected chi connectivity index (χ2v) is 14.2. The molecule has 9 nitrogen and oxygen atoms in total. The first kappa shape index (κ1) is 55.8. The molecule has 3 aromatic carbocycles. The Morgan fingerprint density at radius 3 is 1.20 bits per heavy atom. The van der Waals surface area contributed by atoms with Crippen molar-refractivity contribution in [2.75, 3.05) is 38.2 Å². The van der Waals surface area contributed by atoms with Crippen LogP contribution in [0.15, 0.2) is 146 Å². The molecule has 3 heterocycles. The molecule has 5 N–H and O–H groups in total. The van der Waals surface area contributed by atoms with Gasteiger partial charge in [-0.3, -0.25) is 15.0 Å². The van der Waals surface area contributed by atoms with Crippen LogP contribution in [0.3, 0.4) is 0 Å². The smallest absolute Gasteiger partial charge is 0.408 e. The van der Waals surface area contributed by atoms with E-state index in [9.17, 15) is 4.79 Å². The van der Waals surface area contributed by atoms with Crippen molar-refractivity contribution in [1.29, 1.82) is 0 Å². The molecule has 0 radical (unpaired) electrons. The summed E-state index contributed by atoms with van der Waals surface area (Å²) in [5.74, 6) is 17.7. The molecule has 0 atom stereocenters. The van der Waals surface area contributed by atoms with Crippen molar-refractivity contribution < 1.29 is 14.3 Å². The molecule has 0 unspecified atom stereocenters. The fourth-order valence-corrected chi connectivity index (χ4v) is 5.16. The number of nitrogens with one attached hydrogen (secondary N) is 1. The number of hydrogen-bond donors (Lipinski definition) is 3. The summed E-state index contributed by atoms with van der Waals surface area (Å²) in [5, 5.41) is 2.81. The van der Waals surface area contributed by atoms with Crippen LogP contribution in [0.5, 0.6) is 0 Å². The Morgan fingerprint density at radius 1 is 0.594 bits per heavy atom. The number of nitrogens with zero attached hydrogens (tertiary/aromatic N) is 3. The van der Waals surface area contributed by atoms with Crippen LogP contribution >= 0.6 is 35.6 Å². The van der Waals surface area contributed by atoms with Gasteiger partial charge in [0.15, 0.2) is 0 Å². The lowest BCUT2D eigenvalue weighted by atomic mass is 10.0. The van der Waals surface area contributed by atoms with Gasteiger partial charge in [-0.15, -0.1) is 35.6 Å². The van der Waals surface area contributed by atoms with Gasteiger partial charge in [0.2, 0.25) is 0 Å². The van der Waals surface area contributed by atoms with Gasteiger partial charge in [-0.05, 0) is 69.5 Å². The van der Waals surface area contributed by atoms with Crippen LogP contribution in [-0.4, -0.2) is 64.8 Å². The number of carbonyl (C=O) groups is 1. The van der Waals surface area contributed by atoms with Gasteiger partial charge >= 0.3 is 6.09 Å². The molecule has 0 aliphatic heterocycles. The fourth-order valence-electron chi connectivity index (χ4n) is 5.16. The van der Waals surface area contributed by atoms with Gasteiger partial charge in [-0.2, -0.15) is 0 Å². The second kappa shape index (κ2) is 34.3. The minimum Gasteiger partial charge on any atom is -0.444 e. The molecule has 64 heavy (non-hydrogen) atoms. The van der Waals surface area contributed by atoms with Crippen molar-refractivity contribution >= 4 is 41.7 Å². The largest absolute Gasteiger partial charge is 0.444 e. The molecule has 0 bridgehead atoms. The highest BCUT2D eigenvalue weighted by Crippen LogP contribution is 2.23. The number of hydrogen-bond acceptors (Lipinski definition) is 8. The van der Waals surface area contributed by atoms with E-state index in [1.54, 1.807) is 37.2 Å². The lowest BCUT2D eigenvalue weighted by Crippen LogP contribution is -2.32. The Labute approximate surface area is 396 Å². The number of pyridine rings is 3. The number of ether oxygens (including phenoxy) is 2. The minimum atomic E-state index is -0.513. The van der Waals surface area contributed by atoms with Crippen molar-refractivity contribution in [3.05, 3.63) is 163 Å². The Kier molecular flexibility index (Phi) is 29.9. The van der Waals surface area contributed by atoms with Crippen LogP contribution in [0, 0.1) is 35.5 Å². The molecule has 6 aromatic rings. The van der Waals surface area contributed by atoms with Crippen LogP contribution in [0.2, 0.25) is 0 Å². The van der Waals surface area contributed by atoms with Crippen molar-refractivity contribution in [3.63, 3.8) is 0 Å². The molecule has 0 fully saturated rings. The quantitative estimate of drug-likeness (QED) is 0.111. The van der Waals surface area contributed by atoms with Crippen LogP contribution in [0.25, 0.3) is 33.4 Å². The highest BCUT2D eigenvalue weighted by atomic mass is 35.5. The summed E-state index contributed by atoms with van der Waals surface area (Å²) in [5.41, 5.74) is 19.5. The Morgan fingerprint density at radius 2 is 0.922 bits per heavy atom. The van der Waals surface area contributed by atoms with Gasteiger partial charge in [0.05, 0.1) is 41.7 Å². The summed E-state index contributed by atoms with van der Waals surface area (Å²) in [7, 11) is 0. The number of nitrogens with two attached hydrogens (primary N) is 2. The number of rotatable bonds is 6. The van der Waals surface area contributed by atoms with E-state index in [-0.39, 0.29) is 24.3 Å². The molecule has 0 spiro atoms. The third-order valence-electron chi connectivity index (χ3n) is 7.72. The monoisotopic (exact) mass is 918 g/mol. The topological polar surface area (TPSA) is 138 Å². The third-order valence-corrected chi connectivity index (χ3v) is 7.72. The molecular weight excluding hydrogens is 863 g/mol. The van der Waals surface area contributed by atoms with E-state index in [2.05, 4.69) is 80.1 Å². The SMILES string of the molecule is CC(C)(C)OC(=O)NCC#Cc1cnccc1-c1ccccc1.CCOCC.Cl.ClCCl.NCC#Cc1cnccc1-c1ccccc1.NCC#Cc1cnccc1-c1ccccc1. The highest BCUT2D eigenvalue weighted by molar-refractivity contribution is 6.40. The lowest BCUT2D eigenvalue weighted by Gasteiger charge is -2.19. The molecule has 0 aliphatic rings. The molecule has 12 heteroatoms. The van der Waals surface area contributed by atoms with Crippen LogP contribution < -0.4 is 16.8 Å². The number of benzene rings is 3. The highest BCUT2D eigenvalue weighted by Gasteiger charge is 2.15. The molecular formula is C52H57Cl3N6O3. The maximum absolute atomic E-state index is 11.5. The molecule has 1 amide bonds. The number of alkyl halides is 2. The van der Waals surface area contributed by atoms with E-state index in [4.69, 9.17) is 44.1 Å². The standard InChI is InChI=1S/C19H20N2O2.2C14H12N2.C4H10O.CH2Cl2.ClH/c1-19(2,3)23-18(22)21-12-7-10-16-14-20-13-11-17(16)15-8-5-4-6-9-15;2*15-9-4-7-13-11-16-10-8-14(13)12-5-2-1-3-6-12;1-3-5-4-2;2-1-3;/h4-6,8-9,11,13-14H,12H2,1-3H3,(H,21,22);2*1-3,5-6,8,10-11H,9,15H2;3-4H2,1-2H3;1H2;1H. The molecule has 6 rings (SSSR count). The Hall–Kier alpha value is -6.19. The van der Waals surface area contributed by atoms with Gasteiger partial charge in [-0.25, -0.2) is 4.79 Å². The van der Waals surface area contributed by atoms with Gasteiger partial charge in [-0.1, -0.05) is 127 Å². The van der Waals surface area contributed by atoms with Gasteiger partial charge in [0.1, 0.15) is 5.60 Å². The first-order valence-electron chi connectivity index (χ1n) is 20.1. The first-order valence-corrected chi connectivity index (χ1v) is 21.2. The normalized spacial score (nSPS) is 9.33. The van der Waals surface area contributed by atoms with Crippen LogP contribution in [-0.2, 0) is 9.47 Å². The minimum absolute atomic E-state index is 0. The zero-order valence-electron chi connectivity index (χ0n) is 37.0. The van der Waals surface area contributed by atoms with Crippen LogP contribution in [0.4, 0.5) is 4.79 Å². The Balaban J connectivity index is 0.000000446. The summed E-state index contributed by atoms with van der Waals surface area (Å²) in [6.45, 7) is 12.1. The van der Waals surface area contributed by atoms with E-state index >= 15 is 0 Å². The number of halogens is 3. The van der Waals surface area contributed by atoms with Crippen molar-refractivity contribution in [1.82, 2.24) is 20.3 Å². The van der Waals surface area contributed by atoms with E-state index < -0.39 is 11.7 Å². The number of carbonyl (C=O) groups excluding carboxylic acids is 1. The summed E-state index contributed by atoms with van der Waals surface area (Å²) in [4.78, 5) is 23.8. The molecule has 3 aromatic heterocycles. The third kappa shape index (κ3) is 23.3. The van der Waals surface area contributed by atoms with Gasteiger partial charge in [0.25, 0.3) is 0 Å². The van der Waals surface area contributed by atoms with E-state index in [0.717, 1.165) is 63.3 Å². The second-order valence-electron chi connectivity index (χ2n) is 13.4. The molecule has 0 saturated heterocycles. The fraction of sp³-hybridized carbons (Fsp3) is 0.231. The van der Waals surface area contributed by atoms with Crippen molar-refractivity contribution in [2.24, 2.45) is 11.5 Å².